The van der Waals surface area contributed by atoms with Crippen LogP contribution in [0.2, 0.25) is 0 Å². The summed E-state index contributed by atoms with van der Waals surface area (Å²) in [6.45, 7) is 11.7. The van der Waals surface area contributed by atoms with Crippen molar-refractivity contribution in [2.24, 2.45) is 5.41 Å². The van der Waals surface area contributed by atoms with Gasteiger partial charge in [0.05, 0.1) is 6.54 Å². The lowest BCUT2D eigenvalue weighted by molar-refractivity contribution is -0.126. The first-order chi connectivity index (χ1) is 10.0. The standard InChI is InChI=1S/C18H24N2O2/c1-17(2,3)13-10-12-8-7-9-19-15(12)20(16(13)22)11-14(21)18(4,5)6/h7-10H,11H2,1-6H3. The molecular formula is C18H24N2O2. The first kappa shape index (κ1) is 16.4. The average molecular weight is 300 g/mol. The molecule has 0 unspecified atom stereocenters. The number of ketones is 1. The third-order valence-corrected chi connectivity index (χ3v) is 3.79. The number of rotatable bonds is 2. The summed E-state index contributed by atoms with van der Waals surface area (Å²) in [6, 6.07) is 5.66. The van der Waals surface area contributed by atoms with Gasteiger partial charge < -0.3 is 0 Å². The number of carbonyl (C=O) groups excluding carboxylic acids is 1. The summed E-state index contributed by atoms with van der Waals surface area (Å²) in [6.07, 6.45) is 1.65. The van der Waals surface area contributed by atoms with Gasteiger partial charge in [-0.3, -0.25) is 14.2 Å². The Kier molecular flexibility index (Phi) is 3.98. The minimum atomic E-state index is -0.488. The Labute approximate surface area is 131 Å². The molecule has 0 N–H and O–H groups in total. The van der Waals surface area contributed by atoms with Gasteiger partial charge in [0.15, 0.2) is 5.78 Å². The van der Waals surface area contributed by atoms with Gasteiger partial charge in [-0.05, 0) is 23.6 Å². The summed E-state index contributed by atoms with van der Waals surface area (Å²) in [5.74, 6) is 0.0209. The number of Topliss-reactive ketones (excluding diaryl/α,β-unsaturated/α-hetero) is 1. The van der Waals surface area contributed by atoms with Gasteiger partial charge in [0.1, 0.15) is 5.65 Å². The van der Waals surface area contributed by atoms with Crippen LogP contribution in [0.5, 0.6) is 0 Å². The van der Waals surface area contributed by atoms with Gasteiger partial charge in [0.2, 0.25) is 0 Å². The molecule has 0 atom stereocenters. The second-order valence-corrected chi connectivity index (χ2v) is 7.79. The molecule has 4 nitrogen and oxygen atoms in total. The quantitative estimate of drug-likeness (QED) is 0.855. The normalized spacial score (nSPS) is 12.6. The maximum atomic E-state index is 12.9. The van der Waals surface area contributed by atoms with Crippen molar-refractivity contribution in [1.29, 1.82) is 0 Å². The Hall–Kier alpha value is -1.97. The van der Waals surface area contributed by atoms with Crippen LogP contribution < -0.4 is 5.56 Å². The lowest BCUT2D eigenvalue weighted by atomic mass is 9.87. The molecule has 2 aromatic rings. The van der Waals surface area contributed by atoms with E-state index < -0.39 is 5.41 Å². The Bertz CT molecular complexity index is 774. The Morgan fingerprint density at radius 3 is 2.36 bits per heavy atom. The molecule has 4 heteroatoms. The van der Waals surface area contributed by atoms with E-state index in [2.05, 4.69) is 4.98 Å². The molecule has 0 aromatic carbocycles. The fourth-order valence-corrected chi connectivity index (χ4v) is 2.27. The molecule has 0 radical (unpaired) electrons. The fraction of sp³-hybridized carbons (Fsp3) is 0.500. The first-order valence-corrected chi connectivity index (χ1v) is 7.54. The van der Waals surface area contributed by atoms with E-state index in [1.807, 2.05) is 59.7 Å². The van der Waals surface area contributed by atoms with Crippen LogP contribution in [0.25, 0.3) is 11.0 Å². The zero-order valence-corrected chi connectivity index (χ0v) is 14.2. The molecule has 2 heterocycles. The van der Waals surface area contributed by atoms with Crippen molar-refractivity contribution < 1.29 is 4.79 Å². The molecule has 2 aromatic heterocycles. The summed E-state index contributed by atoms with van der Waals surface area (Å²) in [5.41, 5.74) is 0.371. The molecule has 0 bridgehead atoms. The van der Waals surface area contributed by atoms with Crippen molar-refractivity contribution in [3.8, 4) is 0 Å². The van der Waals surface area contributed by atoms with Crippen molar-refractivity contribution in [2.75, 3.05) is 0 Å². The number of carbonyl (C=O) groups is 1. The molecule has 0 aliphatic carbocycles. The third-order valence-electron chi connectivity index (χ3n) is 3.79. The molecule has 2 rings (SSSR count). The van der Waals surface area contributed by atoms with Crippen LogP contribution in [0.1, 0.15) is 47.1 Å². The van der Waals surface area contributed by atoms with Crippen LogP contribution in [0, 0.1) is 5.41 Å². The predicted molar refractivity (Wildman–Crippen MR) is 89.2 cm³/mol. The van der Waals surface area contributed by atoms with Gasteiger partial charge in [0, 0.05) is 22.6 Å². The molecule has 22 heavy (non-hydrogen) atoms. The van der Waals surface area contributed by atoms with Crippen molar-refractivity contribution in [2.45, 2.75) is 53.5 Å². The lowest BCUT2D eigenvalue weighted by Gasteiger charge is -2.22. The van der Waals surface area contributed by atoms with E-state index in [1.165, 1.54) is 4.57 Å². The van der Waals surface area contributed by atoms with Crippen LogP contribution >= 0.6 is 0 Å². The van der Waals surface area contributed by atoms with Gasteiger partial charge in [0.25, 0.3) is 5.56 Å². The lowest BCUT2D eigenvalue weighted by Crippen LogP contribution is -2.35. The minimum absolute atomic E-state index is 0.0209. The predicted octanol–water partition coefficient (Wildman–Crippen LogP) is 3.31. The van der Waals surface area contributed by atoms with E-state index >= 15 is 0 Å². The van der Waals surface area contributed by atoms with Crippen LogP contribution in [-0.2, 0) is 16.8 Å². The molecule has 0 aliphatic heterocycles. The number of fused-ring (bicyclic) bond motifs is 1. The molecule has 0 spiro atoms. The zero-order chi connectivity index (χ0) is 16.7. The summed E-state index contributed by atoms with van der Waals surface area (Å²) in [5, 5.41) is 0.883. The molecule has 118 valence electrons. The highest BCUT2D eigenvalue weighted by Gasteiger charge is 2.25. The van der Waals surface area contributed by atoms with Crippen LogP contribution in [0.3, 0.4) is 0 Å². The van der Waals surface area contributed by atoms with Crippen LogP contribution in [0.4, 0.5) is 0 Å². The first-order valence-electron chi connectivity index (χ1n) is 7.54. The maximum absolute atomic E-state index is 12.9. The van der Waals surface area contributed by atoms with Crippen LogP contribution in [-0.4, -0.2) is 15.3 Å². The number of hydrogen-bond donors (Lipinski definition) is 0. The average Bonchev–Trinajstić information content (AvgIpc) is 2.39. The van der Waals surface area contributed by atoms with E-state index in [4.69, 9.17) is 0 Å². The third kappa shape index (κ3) is 3.11. The monoisotopic (exact) mass is 300 g/mol. The smallest absolute Gasteiger partial charge is 0.256 e. The second-order valence-electron chi connectivity index (χ2n) is 7.79. The highest BCUT2D eigenvalue weighted by atomic mass is 16.1. The fourth-order valence-electron chi connectivity index (χ4n) is 2.27. The molecule has 0 amide bonds. The minimum Gasteiger partial charge on any atom is -0.297 e. The second kappa shape index (κ2) is 5.34. The number of hydrogen-bond acceptors (Lipinski definition) is 3. The van der Waals surface area contributed by atoms with Crippen LogP contribution in [0.15, 0.2) is 29.2 Å². The van der Waals surface area contributed by atoms with Gasteiger partial charge >= 0.3 is 0 Å². The van der Waals surface area contributed by atoms with E-state index in [0.29, 0.717) is 11.2 Å². The number of pyridine rings is 2. The Morgan fingerprint density at radius 2 is 1.82 bits per heavy atom. The van der Waals surface area contributed by atoms with Gasteiger partial charge in [-0.15, -0.1) is 0 Å². The molecule has 0 aliphatic rings. The molecular weight excluding hydrogens is 276 g/mol. The van der Waals surface area contributed by atoms with Crippen molar-refractivity contribution in [1.82, 2.24) is 9.55 Å². The van der Waals surface area contributed by atoms with E-state index in [-0.39, 0.29) is 23.3 Å². The molecule has 0 fully saturated rings. The van der Waals surface area contributed by atoms with Gasteiger partial charge in [-0.25, -0.2) is 4.98 Å². The van der Waals surface area contributed by atoms with Crippen molar-refractivity contribution >= 4 is 16.8 Å². The SMILES string of the molecule is CC(C)(C)C(=O)Cn1c(=O)c(C(C)(C)C)cc2cccnc21. The summed E-state index contributed by atoms with van der Waals surface area (Å²) in [7, 11) is 0. The Morgan fingerprint density at radius 1 is 1.18 bits per heavy atom. The molecule has 0 saturated heterocycles. The largest absolute Gasteiger partial charge is 0.297 e. The zero-order valence-electron chi connectivity index (χ0n) is 14.2. The summed E-state index contributed by atoms with van der Waals surface area (Å²) < 4.78 is 1.52. The highest BCUT2D eigenvalue weighted by Crippen LogP contribution is 2.23. The van der Waals surface area contributed by atoms with Gasteiger partial charge in [-0.2, -0.15) is 0 Å². The van der Waals surface area contributed by atoms with Crippen molar-refractivity contribution in [3.05, 3.63) is 40.3 Å². The summed E-state index contributed by atoms with van der Waals surface area (Å²) >= 11 is 0. The van der Waals surface area contributed by atoms with Crippen molar-refractivity contribution in [3.63, 3.8) is 0 Å². The van der Waals surface area contributed by atoms with Gasteiger partial charge in [-0.1, -0.05) is 41.5 Å². The number of aromatic nitrogens is 2. The number of nitrogens with zero attached hydrogens (tertiary/aromatic N) is 2. The van der Waals surface area contributed by atoms with E-state index in [9.17, 15) is 9.59 Å². The topological polar surface area (TPSA) is 52.0 Å². The highest BCUT2D eigenvalue weighted by molar-refractivity contribution is 5.85. The Balaban J connectivity index is 2.73. The summed E-state index contributed by atoms with van der Waals surface area (Å²) in [4.78, 5) is 29.6. The maximum Gasteiger partial charge on any atom is 0.256 e. The van der Waals surface area contributed by atoms with E-state index in [1.54, 1.807) is 6.20 Å². The molecule has 0 saturated carbocycles. The van der Waals surface area contributed by atoms with E-state index in [0.717, 1.165) is 5.39 Å².